The summed E-state index contributed by atoms with van der Waals surface area (Å²) >= 11 is 0. The Labute approximate surface area is 114 Å². The first-order valence-corrected chi connectivity index (χ1v) is 7.22. The summed E-state index contributed by atoms with van der Waals surface area (Å²) < 4.78 is 5.73. The summed E-state index contributed by atoms with van der Waals surface area (Å²) in [5.74, 6) is 0.593. The highest BCUT2D eigenvalue weighted by atomic mass is 16.5. The number of ether oxygens (including phenoxy) is 1. The number of nitrogen functional groups attached to an aromatic ring is 1. The summed E-state index contributed by atoms with van der Waals surface area (Å²) in [5, 5.41) is 7.67. The number of aromatic nitrogens is 1. The third kappa shape index (κ3) is 3.46. The number of unbranched alkanes of at least 4 members (excludes halogenated alkanes) is 2. The minimum absolute atomic E-state index is 0.0476. The van der Waals surface area contributed by atoms with E-state index in [0.717, 1.165) is 31.4 Å². The quantitative estimate of drug-likeness (QED) is 0.470. The second-order valence-electron chi connectivity index (χ2n) is 5.12. The van der Waals surface area contributed by atoms with Crippen molar-refractivity contribution in [2.45, 2.75) is 51.9 Å². The molecule has 0 bridgehead atoms. The second kappa shape index (κ2) is 6.55. The van der Waals surface area contributed by atoms with Gasteiger partial charge < -0.3 is 10.5 Å². The second-order valence-corrected chi connectivity index (χ2v) is 5.12. The molecular weight excluding hydrogens is 238 g/mol. The van der Waals surface area contributed by atoms with Gasteiger partial charge in [0.2, 0.25) is 5.88 Å². The smallest absolute Gasteiger partial charge is 0.224 e. The molecule has 0 aromatic carbocycles. The zero-order chi connectivity index (χ0) is 13.7. The molecule has 0 unspecified atom stereocenters. The lowest BCUT2D eigenvalue weighted by Crippen LogP contribution is -2.17. The summed E-state index contributed by atoms with van der Waals surface area (Å²) in [6.45, 7) is 2.82. The van der Waals surface area contributed by atoms with Crippen LogP contribution in [0.5, 0.6) is 5.88 Å². The minimum atomic E-state index is 0.0476. The van der Waals surface area contributed by atoms with Crippen molar-refractivity contribution in [3.63, 3.8) is 0 Å². The molecule has 1 aliphatic carbocycles. The van der Waals surface area contributed by atoms with E-state index < -0.39 is 0 Å². The van der Waals surface area contributed by atoms with Crippen LogP contribution in [0.25, 0.3) is 0 Å². The van der Waals surface area contributed by atoms with Gasteiger partial charge in [0.15, 0.2) is 0 Å². The molecule has 0 saturated carbocycles. The summed E-state index contributed by atoms with van der Waals surface area (Å²) in [5.41, 5.74) is 8.65. The molecule has 0 aliphatic heterocycles. The van der Waals surface area contributed by atoms with Crippen molar-refractivity contribution < 1.29 is 4.74 Å². The SMILES string of the molecule is CCCCCOc1nc2c(cc1C(=N)N)CCCC2. The van der Waals surface area contributed by atoms with Crippen LogP contribution >= 0.6 is 0 Å². The van der Waals surface area contributed by atoms with Crippen LogP contribution in [0.2, 0.25) is 0 Å². The number of nitrogens with two attached hydrogens (primary N) is 1. The molecule has 1 aliphatic rings. The zero-order valence-corrected chi connectivity index (χ0v) is 11.7. The molecule has 0 saturated heterocycles. The maximum Gasteiger partial charge on any atom is 0.224 e. The van der Waals surface area contributed by atoms with E-state index in [2.05, 4.69) is 11.9 Å². The van der Waals surface area contributed by atoms with E-state index in [1.54, 1.807) is 0 Å². The fraction of sp³-hybridized carbons (Fsp3) is 0.600. The van der Waals surface area contributed by atoms with Crippen molar-refractivity contribution >= 4 is 5.84 Å². The fourth-order valence-corrected chi connectivity index (χ4v) is 2.44. The average Bonchev–Trinajstić information content (AvgIpc) is 2.42. The molecule has 1 aromatic heterocycles. The van der Waals surface area contributed by atoms with Crippen molar-refractivity contribution in [1.29, 1.82) is 5.41 Å². The predicted molar refractivity (Wildman–Crippen MR) is 76.9 cm³/mol. The third-order valence-electron chi connectivity index (χ3n) is 3.54. The van der Waals surface area contributed by atoms with Crippen molar-refractivity contribution in [3.8, 4) is 5.88 Å². The summed E-state index contributed by atoms with van der Waals surface area (Å²) in [7, 11) is 0. The Bertz CT molecular complexity index is 457. The van der Waals surface area contributed by atoms with Gasteiger partial charge in [-0.2, -0.15) is 0 Å². The number of aryl methyl sites for hydroxylation is 2. The summed E-state index contributed by atoms with van der Waals surface area (Å²) in [6.07, 6.45) is 7.78. The van der Waals surface area contributed by atoms with Crippen LogP contribution in [0.1, 0.15) is 55.8 Å². The molecule has 1 heterocycles. The van der Waals surface area contributed by atoms with Gasteiger partial charge in [0.1, 0.15) is 5.84 Å². The highest BCUT2D eigenvalue weighted by molar-refractivity contribution is 5.97. The van der Waals surface area contributed by atoms with Gasteiger partial charge in [-0.05, 0) is 43.7 Å². The van der Waals surface area contributed by atoms with E-state index in [-0.39, 0.29) is 5.84 Å². The molecule has 4 heteroatoms. The number of fused-ring (bicyclic) bond motifs is 1. The zero-order valence-electron chi connectivity index (χ0n) is 11.7. The molecular formula is C15H23N3O. The van der Waals surface area contributed by atoms with Crippen molar-refractivity contribution in [2.24, 2.45) is 5.73 Å². The van der Waals surface area contributed by atoms with Gasteiger partial charge in [-0.15, -0.1) is 0 Å². The number of amidine groups is 1. The van der Waals surface area contributed by atoms with E-state index in [1.807, 2.05) is 6.07 Å². The van der Waals surface area contributed by atoms with E-state index >= 15 is 0 Å². The maximum absolute atomic E-state index is 7.67. The number of nitrogens with one attached hydrogen (secondary N) is 1. The normalized spacial score (nSPS) is 13.9. The molecule has 0 spiro atoms. The van der Waals surface area contributed by atoms with Crippen LogP contribution in [0.3, 0.4) is 0 Å². The first-order chi connectivity index (χ1) is 9.22. The molecule has 3 N–H and O–H groups in total. The lowest BCUT2D eigenvalue weighted by molar-refractivity contribution is 0.293. The highest BCUT2D eigenvalue weighted by Crippen LogP contribution is 2.25. The first-order valence-electron chi connectivity index (χ1n) is 7.22. The molecule has 0 radical (unpaired) electrons. The van der Waals surface area contributed by atoms with E-state index in [0.29, 0.717) is 18.1 Å². The van der Waals surface area contributed by atoms with Crippen LogP contribution in [0.15, 0.2) is 6.07 Å². The van der Waals surface area contributed by atoms with E-state index in [4.69, 9.17) is 15.9 Å². The van der Waals surface area contributed by atoms with E-state index in [9.17, 15) is 0 Å². The van der Waals surface area contributed by atoms with Gasteiger partial charge in [0.05, 0.1) is 12.2 Å². The number of hydrogen-bond donors (Lipinski definition) is 2. The Morgan fingerprint density at radius 2 is 2.16 bits per heavy atom. The van der Waals surface area contributed by atoms with Crippen LogP contribution < -0.4 is 10.5 Å². The molecule has 4 nitrogen and oxygen atoms in total. The maximum atomic E-state index is 7.67. The Morgan fingerprint density at radius 3 is 2.89 bits per heavy atom. The molecule has 0 amide bonds. The molecule has 0 fully saturated rings. The lowest BCUT2D eigenvalue weighted by atomic mass is 9.95. The summed E-state index contributed by atoms with van der Waals surface area (Å²) in [4.78, 5) is 4.59. The number of nitrogens with zero attached hydrogens (tertiary/aromatic N) is 1. The Hall–Kier alpha value is -1.58. The van der Waals surface area contributed by atoms with Crippen LogP contribution in [-0.2, 0) is 12.8 Å². The monoisotopic (exact) mass is 261 g/mol. The van der Waals surface area contributed by atoms with E-state index in [1.165, 1.54) is 24.8 Å². The van der Waals surface area contributed by atoms with Crippen LogP contribution in [0, 0.1) is 5.41 Å². The fourth-order valence-electron chi connectivity index (χ4n) is 2.44. The van der Waals surface area contributed by atoms with Gasteiger partial charge in [-0.1, -0.05) is 19.8 Å². The first kappa shape index (κ1) is 13.8. The number of pyridine rings is 1. The Kier molecular flexibility index (Phi) is 4.77. The Morgan fingerprint density at radius 1 is 1.37 bits per heavy atom. The molecule has 19 heavy (non-hydrogen) atoms. The molecule has 1 aromatic rings. The lowest BCUT2D eigenvalue weighted by Gasteiger charge is -2.18. The third-order valence-corrected chi connectivity index (χ3v) is 3.54. The van der Waals surface area contributed by atoms with Crippen LogP contribution in [-0.4, -0.2) is 17.4 Å². The number of rotatable bonds is 6. The van der Waals surface area contributed by atoms with Gasteiger partial charge in [0, 0.05) is 5.69 Å². The average molecular weight is 261 g/mol. The summed E-state index contributed by atoms with van der Waals surface area (Å²) in [6, 6.07) is 2.00. The van der Waals surface area contributed by atoms with Crippen LogP contribution in [0.4, 0.5) is 0 Å². The largest absolute Gasteiger partial charge is 0.477 e. The molecule has 104 valence electrons. The van der Waals surface area contributed by atoms with Gasteiger partial charge in [-0.25, -0.2) is 4.98 Å². The highest BCUT2D eigenvalue weighted by Gasteiger charge is 2.17. The van der Waals surface area contributed by atoms with Gasteiger partial charge in [-0.3, -0.25) is 5.41 Å². The molecule has 2 rings (SSSR count). The minimum Gasteiger partial charge on any atom is -0.477 e. The van der Waals surface area contributed by atoms with Crippen molar-refractivity contribution in [2.75, 3.05) is 6.61 Å². The Balaban J connectivity index is 2.17. The number of hydrogen-bond acceptors (Lipinski definition) is 3. The van der Waals surface area contributed by atoms with Crippen molar-refractivity contribution in [3.05, 3.63) is 22.9 Å². The topological polar surface area (TPSA) is 72.0 Å². The van der Waals surface area contributed by atoms with Gasteiger partial charge in [0.25, 0.3) is 0 Å². The van der Waals surface area contributed by atoms with Gasteiger partial charge >= 0.3 is 0 Å². The van der Waals surface area contributed by atoms with Crippen molar-refractivity contribution in [1.82, 2.24) is 4.98 Å². The molecule has 0 atom stereocenters. The standard InChI is InChI=1S/C15H23N3O/c1-2-3-6-9-19-15-12(14(16)17)10-11-7-4-5-8-13(11)18-15/h10H,2-9H2,1H3,(H3,16,17). The predicted octanol–water partition coefficient (Wildman–Crippen LogP) is 2.81.